The van der Waals surface area contributed by atoms with Gasteiger partial charge in [-0.3, -0.25) is 19.2 Å². The number of aryl methyl sites for hydroxylation is 1. The van der Waals surface area contributed by atoms with Crippen LogP contribution in [0, 0.1) is 0 Å². The van der Waals surface area contributed by atoms with E-state index < -0.39 is 32.0 Å². The summed E-state index contributed by atoms with van der Waals surface area (Å²) in [7, 11) is -8.52. The first-order valence-electron chi connectivity index (χ1n) is 35.3. The molecule has 0 unspecified atom stereocenters. The Balaban J connectivity index is 0.000000235. The number of nitrogen functional groups attached to an aromatic ring is 2. The minimum absolute atomic E-state index is 0. The quantitative estimate of drug-likeness (QED) is 0.0105. The van der Waals surface area contributed by atoms with Gasteiger partial charge in [-0.15, -0.1) is 0 Å². The third-order valence-corrected chi connectivity index (χ3v) is 16.5. The number of nitrogens with zero attached hydrogens (tertiary/aromatic N) is 14. The largest absolute Gasteiger partial charge is 1.00 e. The van der Waals surface area contributed by atoms with Crippen LogP contribution in [-0.4, -0.2) is 72.5 Å². The summed E-state index contributed by atoms with van der Waals surface area (Å²) in [5.41, 5.74) is 27.1. The van der Waals surface area contributed by atoms with Crippen molar-refractivity contribution in [3.63, 3.8) is 0 Å². The second kappa shape index (κ2) is 49.4. The van der Waals surface area contributed by atoms with E-state index in [9.17, 15) is 45.1 Å². The normalized spacial score (nSPS) is 11.1. The molecule has 0 saturated heterocycles. The number of nitrogens with one attached hydrogen (secondary N) is 2. The zero-order valence-electron chi connectivity index (χ0n) is 65.1. The zero-order chi connectivity index (χ0) is 83.1. The number of hydrogen-bond acceptors (Lipinski definition) is 29. The Labute approximate surface area is 726 Å². The number of azo groups is 7. The van der Waals surface area contributed by atoms with E-state index in [1.54, 1.807) is 224 Å². The van der Waals surface area contributed by atoms with Gasteiger partial charge in [-0.2, -0.15) is 71.6 Å². The molecule has 7 N–H and O–H groups in total. The number of Topliss-reactive ketones (excluding diaryl/α,β-unsaturated/α-hetero) is 4. The Bertz CT molecular complexity index is 5650. The summed E-state index contributed by atoms with van der Waals surface area (Å²) in [6.45, 7) is 6.30. The fraction of sp³-hybridized carbons (Fsp3) is 0.106. The summed E-state index contributed by atoms with van der Waals surface area (Å²) in [5.74, 6) is -1.17. The zero-order valence-corrected chi connectivity index (χ0v) is 70.7. The summed E-state index contributed by atoms with van der Waals surface area (Å²) >= 11 is 0. The van der Waals surface area contributed by atoms with E-state index in [0.717, 1.165) is 35.6 Å². The maximum Gasteiger partial charge on any atom is 1.00 e. The predicted molar refractivity (Wildman–Crippen MR) is 447 cm³/mol. The smallest absolute Gasteiger partial charge is 0.747 e. The van der Waals surface area contributed by atoms with Gasteiger partial charge in [0.1, 0.15) is 32.0 Å². The monoisotopic (exact) mass is 1640 g/mol. The average molecular weight is 1640 g/mol. The van der Waals surface area contributed by atoms with Crippen molar-refractivity contribution in [2.24, 2.45) is 71.6 Å². The number of ketones is 4. The molecule has 0 heterocycles. The minimum Gasteiger partial charge on any atom is -0.747 e. The Morgan fingerprint density at radius 3 is 0.661 bits per heavy atom. The van der Waals surface area contributed by atoms with Crippen LogP contribution in [0.25, 0.3) is 0 Å². The van der Waals surface area contributed by atoms with Crippen LogP contribution in [0.2, 0.25) is 0 Å². The molecule has 0 aromatic heterocycles. The standard InChI is InChI=1S/C23H22N4O2.C21H19N5O4S.C20H17N5O.C14H13N3O.C7H9NO3S.2Na/c1-17(29)19-6-10-21(11-7-19)25-27-23-14-12-22(13-15-23)26-24-20-8-4-18(5-9-20)3-2-16-28;1-15(27)16-2-4-18(5-3-16)23-25-20-10-12-21(13-11-20)26-24-19-8-6-17(7-9-19)22-14-31(28,29)30;1-14(26)15-2-6-17(7-3-15)22-24-19-10-12-20(13-11-19)25-23-18-8-4-16(21)5-9-18;1-10(18)11-2-6-13(7-3-11)16-17-14-8-4-12(15)5-9-14;9-12(10,11)6-8-7-4-2-1-3-5-7;;/h4-15,28H,2-3,16H2,1H3;2-13,22H,14H2,1H3,(H,28,29,30);2-13H,21H2,1H3;2-9H,15H2,1H3;1-5,8H,6H2,(H,9,10,11);;/q;;;;;2*+1/p-2. The number of aliphatic hydroxyl groups excluding tert-OH is 1. The van der Waals surface area contributed by atoms with Crippen LogP contribution in [0.5, 0.6) is 0 Å². The average Bonchev–Trinajstić information content (AvgIpc) is 0.891. The number of para-hydroxylation sites is 1. The molecule has 0 amide bonds. The first-order chi connectivity index (χ1) is 55.7. The molecule has 0 bridgehead atoms. The maximum atomic E-state index is 11.3. The molecule has 12 rings (SSSR count). The Kier molecular flexibility index (Phi) is 39.5. The Hall–Kier alpha value is -12.5. The molecule has 29 nitrogen and oxygen atoms in total. The van der Waals surface area contributed by atoms with Gasteiger partial charge < -0.3 is 36.3 Å². The first kappa shape index (κ1) is 94.4. The number of rotatable bonds is 27. The number of aliphatic hydroxyl groups is 1. The van der Waals surface area contributed by atoms with Crippen LogP contribution < -0.4 is 81.2 Å². The molecule has 118 heavy (non-hydrogen) atoms. The summed E-state index contributed by atoms with van der Waals surface area (Å²) in [5, 5.41) is 72.0. The number of nitrogens with two attached hydrogens (primary N) is 2. The van der Waals surface area contributed by atoms with Crippen LogP contribution in [0.3, 0.4) is 0 Å². The van der Waals surface area contributed by atoms with E-state index >= 15 is 0 Å². The van der Waals surface area contributed by atoms with Crippen LogP contribution in [0.15, 0.2) is 369 Å². The summed E-state index contributed by atoms with van der Waals surface area (Å²) in [4.78, 5) is 44.9. The third kappa shape index (κ3) is 36.5. The van der Waals surface area contributed by atoms with Crippen LogP contribution in [0.1, 0.15) is 81.1 Å². The van der Waals surface area contributed by atoms with Crippen molar-refractivity contribution < 1.29 is 109 Å². The van der Waals surface area contributed by atoms with E-state index in [0.29, 0.717) is 102 Å². The molecule has 0 aliphatic carbocycles. The summed E-state index contributed by atoms with van der Waals surface area (Å²) < 4.78 is 62.4. The third-order valence-electron chi connectivity index (χ3n) is 15.5. The summed E-state index contributed by atoms with van der Waals surface area (Å²) in [6, 6.07) is 86.6. The van der Waals surface area contributed by atoms with Gasteiger partial charge in [0.2, 0.25) is 0 Å². The number of benzene rings is 12. The van der Waals surface area contributed by atoms with Crippen LogP contribution in [-0.2, 0) is 26.7 Å². The molecule has 588 valence electrons. The molecule has 0 aliphatic rings. The number of hydrogen-bond donors (Lipinski definition) is 5. The Morgan fingerprint density at radius 1 is 0.288 bits per heavy atom. The first-order valence-corrected chi connectivity index (χ1v) is 38.5. The number of anilines is 4. The van der Waals surface area contributed by atoms with Crippen LogP contribution in [0.4, 0.5) is 102 Å². The molecule has 12 aromatic rings. The topological polar surface area (TPSA) is 452 Å². The van der Waals surface area contributed by atoms with Crippen molar-refractivity contribution in [2.75, 3.05) is 40.5 Å². The van der Waals surface area contributed by atoms with E-state index in [1.165, 1.54) is 33.3 Å². The van der Waals surface area contributed by atoms with Gasteiger partial charge in [-0.1, -0.05) is 30.3 Å². The van der Waals surface area contributed by atoms with Gasteiger partial charge in [0.25, 0.3) is 0 Å². The fourth-order valence-electron chi connectivity index (χ4n) is 9.26. The predicted octanol–water partition coefficient (Wildman–Crippen LogP) is 17.1. The van der Waals surface area contributed by atoms with E-state index in [4.69, 9.17) is 16.6 Å². The van der Waals surface area contributed by atoms with E-state index in [-0.39, 0.29) is 88.9 Å². The summed E-state index contributed by atoms with van der Waals surface area (Å²) in [6.07, 6.45) is 1.61. The molecule has 12 aromatic carbocycles. The molecule has 33 heteroatoms. The van der Waals surface area contributed by atoms with Gasteiger partial charge in [0.05, 0.1) is 79.6 Å². The molecular formula is C85H78N18Na2O11S2. The van der Waals surface area contributed by atoms with Gasteiger partial charge >= 0.3 is 59.1 Å². The van der Waals surface area contributed by atoms with E-state index in [2.05, 4.69) is 82.2 Å². The molecular weight excluding hydrogens is 1560 g/mol. The second-order valence-electron chi connectivity index (χ2n) is 24.7. The van der Waals surface area contributed by atoms with Crippen molar-refractivity contribution in [1.82, 2.24) is 0 Å². The molecule has 0 spiro atoms. The van der Waals surface area contributed by atoms with Crippen molar-refractivity contribution in [3.05, 3.63) is 325 Å². The van der Waals surface area contributed by atoms with Crippen molar-refractivity contribution in [3.8, 4) is 0 Å². The Morgan fingerprint density at radius 2 is 0.466 bits per heavy atom. The molecule has 0 radical (unpaired) electrons. The van der Waals surface area contributed by atoms with Crippen molar-refractivity contribution >= 4 is 146 Å². The molecule has 0 atom stereocenters. The van der Waals surface area contributed by atoms with Gasteiger partial charge in [0, 0.05) is 51.6 Å². The minimum atomic E-state index is -4.34. The number of carbonyl (C=O) groups excluding carboxylic acids is 4. The van der Waals surface area contributed by atoms with Crippen LogP contribution >= 0.6 is 0 Å². The fourth-order valence-corrected chi connectivity index (χ4v) is 9.94. The van der Waals surface area contributed by atoms with Gasteiger partial charge in [-0.05, 0) is 313 Å². The van der Waals surface area contributed by atoms with Gasteiger partial charge in [0.15, 0.2) is 23.1 Å². The van der Waals surface area contributed by atoms with Crippen molar-refractivity contribution in [1.29, 1.82) is 0 Å². The molecule has 0 fully saturated rings. The molecule has 0 saturated carbocycles. The van der Waals surface area contributed by atoms with E-state index in [1.807, 2.05) is 72.8 Å². The van der Waals surface area contributed by atoms with Gasteiger partial charge in [-0.25, -0.2) is 16.8 Å². The number of carbonyl (C=O) groups is 4. The molecule has 0 aliphatic heterocycles. The maximum absolute atomic E-state index is 11.3. The SMILES string of the molecule is CC(=O)c1ccc(N=Nc2ccc(N)cc2)cc1.CC(=O)c1ccc(N=Nc2ccc(N=Nc3ccc(CCCO)cc3)cc2)cc1.CC(=O)c1ccc(N=Nc2ccc(N=Nc3ccc(N)cc3)cc2)cc1.CC(=O)c1ccc(N=Nc2ccc(N=Nc3ccc(NCS(=O)(=O)[O-])cc3)cc2)cc1.O=S(=O)([O-])CNc1ccccc1.[Na+].[Na+]. The van der Waals surface area contributed by atoms with Crippen molar-refractivity contribution in [2.45, 2.75) is 40.5 Å². The second-order valence-corrected chi connectivity index (χ2v) is 27.5.